The van der Waals surface area contributed by atoms with Crippen LogP contribution in [0.15, 0.2) is 30.5 Å². The van der Waals surface area contributed by atoms with Crippen LogP contribution in [-0.4, -0.2) is 22.5 Å². The molecule has 0 radical (unpaired) electrons. The minimum atomic E-state index is -0.455. The van der Waals surface area contributed by atoms with Gasteiger partial charge in [-0.1, -0.05) is 23.2 Å². The molecule has 0 aromatic carbocycles. The highest BCUT2D eigenvalue weighted by Gasteiger charge is 2.13. The first-order chi connectivity index (χ1) is 9.60. The largest absolute Gasteiger partial charge is 0.478 e. The third-order valence-corrected chi connectivity index (χ3v) is 2.83. The zero-order chi connectivity index (χ0) is 14.5. The fraction of sp³-hybridized carbons (Fsp3) is 0.154. The quantitative estimate of drug-likeness (QED) is 0.879. The lowest BCUT2D eigenvalue weighted by Crippen LogP contribution is -2.14. The van der Waals surface area contributed by atoms with Gasteiger partial charge in [-0.05, 0) is 25.1 Å². The normalized spacial score (nSPS) is 10.2. The van der Waals surface area contributed by atoms with Crippen LogP contribution in [0.25, 0.3) is 0 Å². The number of nitrogens with one attached hydrogen (secondary N) is 1. The summed E-state index contributed by atoms with van der Waals surface area (Å²) in [6.07, 6.45) is 1.49. The van der Waals surface area contributed by atoms with Crippen molar-refractivity contribution in [2.24, 2.45) is 0 Å². The maximum Gasteiger partial charge on any atom is 0.275 e. The number of anilines is 1. The average molecular weight is 312 g/mol. The molecule has 0 unspecified atom stereocenters. The van der Waals surface area contributed by atoms with Gasteiger partial charge in [0, 0.05) is 6.07 Å². The van der Waals surface area contributed by atoms with Gasteiger partial charge in [0.05, 0.1) is 23.5 Å². The molecule has 2 aromatic heterocycles. The zero-order valence-corrected chi connectivity index (χ0v) is 12.1. The maximum absolute atomic E-state index is 12.0. The number of carbonyl (C=O) groups excluding carboxylic acids is 1. The van der Waals surface area contributed by atoms with Crippen molar-refractivity contribution in [3.05, 3.63) is 46.3 Å². The molecular weight excluding hydrogens is 301 g/mol. The van der Waals surface area contributed by atoms with Gasteiger partial charge in [-0.3, -0.25) is 4.79 Å². The van der Waals surface area contributed by atoms with Crippen molar-refractivity contribution in [3.8, 4) is 5.88 Å². The number of pyridine rings is 2. The van der Waals surface area contributed by atoms with E-state index < -0.39 is 5.91 Å². The average Bonchev–Trinajstić information content (AvgIpc) is 2.44. The number of hydrogen-bond acceptors (Lipinski definition) is 4. The van der Waals surface area contributed by atoms with E-state index in [1.54, 1.807) is 12.1 Å². The smallest absolute Gasteiger partial charge is 0.275 e. The molecule has 0 spiro atoms. The van der Waals surface area contributed by atoms with Gasteiger partial charge in [0.15, 0.2) is 0 Å². The molecule has 0 bridgehead atoms. The van der Waals surface area contributed by atoms with Crippen molar-refractivity contribution in [1.82, 2.24) is 9.97 Å². The number of amides is 1. The Hall–Kier alpha value is -1.85. The van der Waals surface area contributed by atoms with Gasteiger partial charge >= 0.3 is 0 Å². The highest BCUT2D eigenvalue weighted by Crippen LogP contribution is 2.19. The second-order valence-corrected chi connectivity index (χ2v) is 4.53. The van der Waals surface area contributed by atoms with Gasteiger partial charge in [0.2, 0.25) is 5.88 Å². The molecule has 5 nitrogen and oxygen atoms in total. The lowest BCUT2D eigenvalue weighted by Gasteiger charge is -2.07. The van der Waals surface area contributed by atoms with Crippen molar-refractivity contribution in [1.29, 1.82) is 0 Å². The van der Waals surface area contributed by atoms with E-state index in [1.165, 1.54) is 18.3 Å². The molecular formula is C13H11Cl2N3O2. The summed E-state index contributed by atoms with van der Waals surface area (Å²) in [5.74, 6) is 0.0351. The van der Waals surface area contributed by atoms with Crippen molar-refractivity contribution < 1.29 is 9.53 Å². The van der Waals surface area contributed by atoms with Crippen LogP contribution < -0.4 is 10.1 Å². The third kappa shape index (κ3) is 3.59. The van der Waals surface area contributed by atoms with E-state index in [0.29, 0.717) is 18.2 Å². The number of hydrogen-bond donors (Lipinski definition) is 1. The first kappa shape index (κ1) is 14.6. The SMILES string of the molecule is CCOc1ccc(NC(=O)c2nc(Cl)ccc2Cl)cn1. The van der Waals surface area contributed by atoms with Crippen molar-refractivity contribution in [2.75, 3.05) is 11.9 Å². The summed E-state index contributed by atoms with van der Waals surface area (Å²) in [4.78, 5) is 20.0. The van der Waals surface area contributed by atoms with Gasteiger partial charge in [0.25, 0.3) is 5.91 Å². The summed E-state index contributed by atoms with van der Waals surface area (Å²) in [5.41, 5.74) is 0.573. The molecule has 1 N–H and O–H groups in total. The van der Waals surface area contributed by atoms with Crippen LogP contribution in [0.4, 0.5) is 5.69 Å². The number of aromatic nitrogens is 2. The van der Waals surface area contributed by atoms with Gasteiger partial charge in [0.1, 0.15) is 10.8 Å². The zero-order valence-electron chi connectivity index (χ0n) is 10.6. The Morgan fingerprint density at radius 3 is 2.75 bits per heavy atom. The Balaban J connectivity index is 2.13. The summed E-state index contributed by atoms with van der Waals surface area (Å²) < 4.78 is 5.21. The third-order valence-electron chi connectivity index (χ3n) is 2.31. The summed E-state index contributed by atoms with van der Waals surface area (Å²) in [6.45, 7) is 2.39. The molecule has 2 rings (SSSR count). The van der Waals surface area contributed by atoms with Crippen LogP contribution in [0.3, 0.4) is 0 Å². The standard InChI is InChI=1S/C13H11Cl2N3O2/c1-2-20-11-6-3-8(7-16-11)17-13(19)12-9(14)4-5-10(15)18-12/h3-7H,2H2,1H3,(H,17,19). The molecule has 2 heterocycles. The molecule has 0 aliphatic heterocycles. The highest BCUT2D eigenvalue weighted by atomic mass is 35.5. The first-order valence-corrected chi connectivity index (χ1v) is 6.58. The highest BCUT2D eigenvalue weighted by molar-refractivity contribution is 6.35. The molecule has 0 atom stereocenters. The minimum Gasteiger partial charge on any atom is -0.478 e. The van der Waals surface area contributed by atoms with Crippen LogP contribution in [0.1, 0.15) is 17.4 Å². The predicted molar refractivity (Wildman–Crippen MR) is 77.6 cm³/mol. The number of halogens is 2. The van der Waals surface area contributed by atoms with Crippen molar-refractivity contribution >= 4 is 34.8 Å². The molecule has 0 saturated carbocycles. The van der Waals surface area contributed by atoms with E-state index in [2.05, 4.69) is 15.3 Å². The molecule has 20 heavy (non-hydrogen) atoms. The van der Waals surface area contributed by atoms with Crippen LogP contribution in [-0.2, 0) is 0 Å². The molecule has 0 fully saturated rings. The lowest BCUT2D eigenvalue weighted by molar-refractivity contribution is 0.102. The number of carbonyl (C=O) groups is 1. The first-order valence-electron chi connectivity index (χ1n) is 5.82. The molecule has 0 aliphatic carbocycles. The number of nitrogens with zero attached hydrogens (tertiary/aromatic N) is 2. The summed E-state index contributed by atoms with van der Waals surface area (Å²) in [6, 6.07) is 6.36. The van der Waals surface area contributed by atoms with E-state index in [-0.39, 0.29) is 15.9 Å². The molecule has 0 saturated heterocycles. The van der Waals surface area contributed by atoms with Crippen LogP contribution in [0, 0.1) is 0 Å². The maximum atomic E-state index is 12.0. The van der Waals surface area contributed by atoms with E-state index in [4.69, 9.17) is 27.9 Å². The second kappa shape index (κ2) is 6.54. The van der Waals surface area contributed by atoms with Gasteiger partial charge in [-0.15, -0.1) is 0 Å². The Morgan fingerprint density at radius 1 is 1.30 bits per heavy atom. The van der Waals surface area contributed by atoms with Crippen molar-refractivity contribution in [2.45, 2.75) is 6.92 Å². The van der Waals surface area contributed by atoms with Crippen LogP contribution in [0.5, 0.6) is 5.88 Å². The Bertz CT molecular complexity index is 618. The second-order valence-electron chi connectivity index (χ2n) is 3.74. The Morgan fingerprint density at radius 2 is 2.10 bits per heavy atom. The van der Waals surface area contributed by atoms with E-state index >= 15 is 0 Å². The fourth-order valence-electron chi connectivity index (χ4n) is 1.46. The molecule has 104 valence electrons. The molecule has 2 aromatic rings. The monoisotopic (exact) mass is 311 g/mol. The molecule has 7 heteroatoms. The van der Waals surface area contributed by atoms with Crippen LogP contribution >= 0.6 is 23.2 Å². The number of rotatable bonds is 4. The van der Waals surface area contributed by atoms with Gasteiger partial charge in [-0.25, -0.2) is 9.97 Å². The minimum absolute atomic E-state index is 0.0630. The molecule has 0 aliphatic rings. The summed E-state index contributed by atoms with van der Waals surface area (Å²) in [7, 11) is 0. The summed E-state index contributed by atoms with van der Waals surface area (Å²) >= 11 is 11.6. The topological polar surface area (TPSA) is 64.1 Å². The van der Waals surface area contributed by atoms with Gasteiger partial charge < -0.3 is 10.1 Å². The molecule has 1 amide bonds. The van der Waals surface area contributed by atoms with Gasteiger partial charge in [-0.2, -0.15) is 0 Å². The summed E-state index contributed by atoms with van der Waals surface area (Å²) in [5, 5.41) is 3.06. The predicted octanol–water partition coefficient (Wildman–Crippen LogP) is 3.43. The van der Waals surface area contributed by atoms with E-state index in [9.17, 15) is 4.79 Å². The number of ether oxygens (including phenoxy) is 1. The Labute approximate surface area is 125 Å². The van der Waals surface area contributed by atoms with Crippen molar-refractivity contribution in [3.63, 3.8) is 0 Å². The van der Waals surface area contributed by atoms with E-state index in [1.807, 2.05) is 6.92 Å². The lowest BCUT2D eigenvalue weighted by atomic mass is 10.3. The Kier molecular flexibility index (Phi) is 4.76. The van der Waals surface area contributed by atoms with Crippen LogP contribution in [0.2, 0.25) is 10.2 Å². The fourth-order valence-corrected chi connectivity index (χ4v) is 1.79. The van der Waals surface area contributed by atoms with E-state index in [0.717, 1.165) is 0 Å².